The molecule has 0 aliphatic rings. The maximum absolute atomic E-state index is 11.1. The molecule has 0 spiro atoms. The van der Waals surface area contributed by atoms with E-state index < -0.39 is 0 Å². The summed E-state index contributed by atoms with van der Waals surface area (Å²) < 4.78 is 1.46. The summed E-state index contributed by atoms with van der Waals surface area (Å²) in [7, 11) is 0. The molecule has 12 heavy (non-hydrogen) atoms. The molecule has 1 amide bonds. The number of carbonyl (C=O) groups is 1. The lowest BCUT2D eigenvalue weighted by atomic mass is 10.4. The van der Waals surface area contributed by atoms with Gasteiger partial charge in [-0.3, -0.25) is 0 Å². The van der Waals surface area contributed by atoms with E-state index in [1.807, 2.05) is 22.6 Å². The van der Waals surface area contributed by atoms with E-state index in [4.69, 9.17) is 0 Å². The molecule has 5 heteroatoms. The molecule has 1 heterocycles. The van der Waals surface area contributed by atoms with Crippen LogP contribution in [0.3, 0.4) is 0 Å². The lowest BCUT2D eigenvalue weighted by molar-refractivity contribution is -0.590. The number of hydrogen-bond acceptors (Lipinski definition) is 2. The minimum absolute atomic E-state index is 0.249. The SMILES string of the molecule is CC(=O)Nc1ccc(I)c[n+]1[O-]. The third-order valence-corrected chi connectivity index (χ3v) is 1.82. The zero-order valence-electron chi connectivity index (χ0n) is 6.37. The fourth-order valence-corrected chi connectivity index (χ4v) is 1.17. The number of aromatic nitrogens is 1. The van der Waals surface area contributed by atoms with Gasteiger partial charge in [0.05, 0.1) is 3.57 Å². The van der Waals surface area contributed by atoms with Gasteiger partial charge in [0, 0.05) is 13.0 Å². The van der Waals surface area contributed by atoms with Crippen molar-refractivity contribution >= 4 is 34.3 Å². The van der Waals surface area contributed by atoms with Gasteiger partial charge in [-0.15, -0.1) is 0 Å². The molecule has 1 aromatic heterocycles. The maximum Gasteiger partial charge on any atom is 0.304 e. The largest absolute Gasteiger partial charge is 0.711 e. The fourth-order valence-electron chi connectivity index (χ4n) is 0.734. The molecule has 4 nitrogen and oxygen atoms in total. The fraction of sp³-hybridized carbons (Fsp3) is 0.143. The standard InChI is InChI=1S/C7H7IN2O2/c1-5(11)9-7-3-2-6(8)4-10(7)12/h2-4H,1H3,(H,9,11). The Hall–Kier alpha value is -0.850. The van der Waals surface area contributed by atoms with Crippen LogP contribution in [-0.2, 0) is 4.79 Å². The Morgan fingerprint density at radius 3 is 2.83 bits per heavy atom. The van der Waals surface area contributed by atoms with E-state index in [0.29, 0.717) is 4.73 Å². The second-order valence-electron chi connectivity index (χ2n) is 2.24. The molecule has 0 saturated carbocycles. The smallest absolute Gasteiger partial charge is 0.304 e. The number of nitrogens with zero attached hydrogens (tertiary/aromatic N) is 1. The summed E-state index contributed by atoms with van der Waals surface area (Å²) in [6.45, 7) is 1.36. The van der Waals surface area contributed by atoms with E-state index >= 15 is 0 Å². The van der Waals surface area contributed by atoms with Gasteiger partial charge in [-0.2, -0.15) is 0 Å². The van der Waals surface area contributed by atoms with Crippen molar-refractivity contribution in [3.05, 3.63) is 27.1 Å². The first kappa shape index (κ1) is 9.24. The van der Waals surface area contributed by atoms with Crippen LogP contribution >= 0.6 is 22.6 Å². The minimum atomic E-state index is -0.249. The van der Waals surface area contributed by atoms with Crippen molar-refractivity contribution in [3.63, 3.8) is 0 Å². The Balaban J connectivity index is 2.93. The Kier molecular flexibility index (Phi) is 2.85. The van der Waals surface area contributed by atoms with Crippen LogP contribution < -0.4 is 10.0 Å². The van der Waals surface area contributed by atoms with Crippen molar-refractivity contribution in [1.29, 1.82) is 0 Å². The van der Waals surface area contributed by atoms with Crippen molar-refractivity contribution in [2.24, 2.45) is 0 Å². The van der Waals surface area contributed by atoms with E-state index in [-0.39, 0.29) is 11.7 Å². The molecule has 1 N–H and O–H groups in total. The van der Waals surface area contributed by atoms with Gasteiger partial charge in [-0.05, 0) is 28.7 Å². The molecule has 0 saturated heterocycles. The first-order valence-corrected chi connectivity index (χ1v) is 4.34. The van der Waals surface area contributed by atoms with Crippen molar-refractivity contribution in [3.8, 4) is 0 Å². The highest BCUT2D eigenvalue weighted by Crippen LogP contribution is 2.04. The molecule has 0 atom stereocenters. The second kappa shape index (κ2) is 3.70. The number of pyridine rings is 1. The van der Waals surface area contributed by atoms with Gasteiger partial charge in [-0.1, -0.05) is 0 Å². The second-order valence-corrected chi connectivity index (χ2v) is 3.49. The predicted molar refractivity (Wildman–Crippen MR) is 52.4 cm³/mol. The summed E-state index contributed by atoms with van der Waals surface area (Å²) in [5, 5.41) is 13.5. The Bertz CT molecular complexity index is 314. The number of amides is 1. The monoisotopic (exact) mass is 278 g/mol. The molecule has 0 aliphatic carbocycles. The van der Waals surface area contributed by atoms with Crippen molar-refractivity contribution < 1.29 is 9.52 Å². The Morgan fingerprint density at radius 1 is 1.67 bits per heavy atom. The van der Waals surface area contributed by atoms with Crippen LogP contribution in [0.25, 0.3) is 0 Å². The van der Waals surface area contributed by atoms with Gasteiger partial charge in [0.15, 0.2) is 0 Å². The normalized spacial score (nSPS) is 9.50. The number of rotatable bonds is 1. The quantitative estimate of drug-likeness (QED) is 0.471. The lowest BCUT2D eigenvalue weighted by Gasteiger charge is -2.06. The molecule has 0 aliphatic heterocycles. The summed E-state index contributed by atoms with van der Waals surface area (Å²) in [6, 6.07) is 3.32. The summed E-state index contributed by atoms with van der Waals surface area (Å²) in [5.74, 6) is 0.00345. The van der Waals surface area contributed by atoms with Gasteiger partial charge in [0.2, 0.25) is 0 Å². The van der Waals surface area contributed by atoms with Gasteiger partial charge in [-0.25, -0.2) is 14.8 Å². The molecular weight excluding hydrogens is 271 g/mol. The van der Waals surface area contributed by atoms with Gasteiger partial charge < -0.3 is 5.21 Å². The average Bonchev–Trinajstić information content (AvgIpc) is 1.94. The molecule has 0 radical (unpaired) electrons. The summed E-state index contributed by atoms with van der Waals surface area (Å²) in [5.41, 5.74) is 0. The first-order valence-electron chi connectivity index (χ1n) is 3.26. The minimum Gasteiger partial charge on any atom is -0.711 e. The van der Waals surface area contributed by atoms with Crippen LogP contribution in [-0.4, -0.2) is 5.91 Å². The predicted octanol–water partition coefficient (Wildman–Crippen LogP) is 0.883. The molecule has 0 aromatic carbocycles. The average molecular weight is 278 g/mol. The van der Waals surface area contributed by atoms with Gasteiger partial charge in [0.25, 0.3) is 5.82 Å². The number of nitrogens with one attached hydrogen (secondary N) is 1. The van der Waals surface area contributed by atoms with Gasteiger partial charge in [0.1, 0.15) is 6.20 Å². The topological polar surface area (TPSA) is 56.0 Å². The van der Waals surface area contributed by atoms with Gasteiger partial charge >= 0.3 is 5.91 Å². The molecule has 0 fully saturated rings. The highest BCUT2D eigenvalue weighted by molar-refractivity contribution is 14.1. The van der Waals surface area contributed by atoms with E-state index in [0.717, 1.165) is 3.57 Å². The van der Waals surface area contributed by atoms with E-state index in [9.17, 15) is 10.0 Å². The molecule has 64 valence electrons. The molecular formula is C7H7IN2O2. The third kappa shape index (κ3) is 2.33. The van der Waals surface area contributed by atoms with Crippen molar-refractivity contribution in [2.45, 2.75) is 6.92 Å². The number of hydrogen-bond donors (Lipinski definition) is 1. The Morgan fingerprint density at radius 2 is 2.33 bits per heavy atom. The summed E-state index contributed by atoms with van der Waals surface area (Å²) in [4.78, 5) is 10.6. The lowest BCUT2D eigenvalue weighted by Crippen LogP contribution is -2.32. The zero-order valence-corrected chi connectivity index (χ0v) is 8.53. The molecule has 0 bridgehead atoms. The summed E-state index contributed by atoms with van der Waals surface area (Å²) in [6.07, 6.45) is 1.39. The van der Waals surface area contributed by atoms with E-state index in [1.165, 1.54) is 13.1 Å². The van der Waals surface area contributed by atoms with Crippen LogP contribution in [0.2, 0.25) is 0 Å². The maximum atomic E-state index is 11.1. The van der Waals surface area contributed by atoms with E-state index in [1.54, 1.807) is 12.1 Å². The number of carbonyl (C=O) groups excluding carboxylic acids is 1. The van der Waals surface area contributed by atoms with Crippen LogP contribution in [0.4, 0.5) is 5.82 Å². The Labute approximate surface area is 83.3 Å². The van der Waals surface area contributed by atoms with Crippen molar-refractivity contribution in [2.75, 3.05) is 5.32 Å². The molecule has 1 aromatic rings. The molecule has 0 unspecified atom stereocenters. The first-order chi connectivity index (χ1) is 5.59. The van der Waals surface area contributed by atoms with E-state index in [2.05, 4.69) is 5.32 Å². The summed E-state index contributed by atoms with van der Waals surface area (Å²) >= 11 is 2.02. The highest BCUT2D eigenvalue weighted by atomic mass is 127. The number of halogens is 1. The number of anilines is 1. The molecule has 1 rings (SSSR count). The highest BCUT2D eigenvalue weighted by Gasteiger charge is 2.05. The van der Waals surface area contributed by atoms with Crippen LogP contribution in [0.15, 0.2) is 18.3 Å². The van der Waals surface area contributed by atoms with Crippen LogP contribution in [0, 0.1) is 8.78 Å². The van der Waals surface area contributed by atoms with Crippen molar-refractivity contribution in [1.82, 2.24) is 0 Å². The third-order valence-electron chi connectivity index (χ3n) is 1.18. The zero-order chi connectivity index (χ0) is 9.14. The van der Waals surface area contributed by atoms with Crippen LogP contribution in [0.5, 0.6) is 0 Å². The van der Waals surface area contributed by atoms with Crippen LogP contribution in [0.1, 0.15) is 6.92 Å².